The first kappa shape index (κ1) is 15.7. The third kappa shape index (κ3) is 8.96. The zero-order valence-electron chi connectivity index (χ0n) is 11.8. The molecule has 0 aliphatic rings. The predicted molar refractivity (Wildman–Crippen MR) is 74.7 cm³/mol. The van der Waals surface area contributed by atoms with Crippen LogP contribution in [0.3, 0.4) is 0 Å². The van der Waals surface area contributed by atoms with Gasteiger partial charge in [-0.2, -0.15) is 0 Å². The first-order valence-electron chi connectivity index (χ1n) is 6.90. The van der Waals surface area contributed by atoms with Crippen LogP contribution in [0.5, 0.6) is 0 Å². The summed E-state index contributed by atoms with van der Waals surface area (Å²) in [6.45, 7) is 10.7. The molecule has 0 saturated heterocycles. The molecule has 0 rings (SSSR count). The Morgan fingerprint density at radius 1 is 1.00 bits per heavy atom. The second-order valence-corrected chi connectivity index (χ2v) is 5.37. The van der Waals surface area contributed by atoms with E-state index in [1.165, 1.54) is 38.5 Å². The lowest BCUT2D eigenvalue weighted by molar-refractivity contribution is 0.415. The highest BCUT2D eigenvalue weighted by Gasteiger charge is 2.05. The smallest absolute Gasteiger partial charge is 0.00357 e. The third-order valence-corrected chi connectivity index (χ3v) is 3.59. The molecule has 1 heteroatoms. The Hall–Kier alpha value is -0.300. The first-order chi connectivity index (χ1) is 7.60. The molecule has 0 aromatic heterocycles. The summed E-state index contributed by atoms with van der Waals surface area (Å²) in [5, 5.41) is 3.29. The maximum absolute atomic E-state index is 3.83. The molecule has 1 N–H and O–H groups in total. The molecule has 0 aliphatic carbocycles. The molecule has 0 fully saturated rings. The lowest BCUT2D eigenvalue weighted by Crippen LogP contribution is -2.20. The second-order valence-electron chi connectivity index (χ2n) is 5.37. The average molecular weight is 225 g/mol. The van der Waals surface area contributed by atoms with E-state index in [1.807, 2.05) is 7.05 Å². The lowest BCUT2D eigenvalue weighted by Gasteiger charge is -2.14. The van der Waals surface area contributed by atoms with E-state index in [4.69, 9.17) is 0 Å². The summed E-state index contributed by atoms with van der Waals surface area (Å²) in [5.74, 6) is 1.58. The van der Waals surface area contributed by atoms with Crippen molar-refractivity contribution in [3.8, 4) is 0 Å². The Bertz CT molecular complexity index is 165. The standard InChI is InChI=1S/C15H31N/c1-6-13(2)9-7-10-14(3)11-8-12-15(4)16-5/h6,13-16H,1,7-12H2,2-5H3. The van der Waals surface area contributed by atoms with E-state index in [-0.39, 0.29) is 0 Å². The van der Waals surface area contributed by atoms with Gasteiger partial charge >= 0.3 is 0 Å². The summed E-state index contributed by atoms with van der Waals surface area (Å²) in [7, 11) is 2.05. The van der Waals surface area contributed by atoms with Crippen LogP contribution in [0.2, 0.25) is 0 Å². The highest BCUT2D eigenvalue weighted by Crippen LogP contribution is 2.18. The normalized spacial score (nSPS) is 16.8. The SMILES string of the molecule is C=CC(C)CCCC(C)CCCC(C)NC. The quantitative estimate of drug-likeness (QED) is 0.544. The van der Waals surface area contributed by atoms with Gasteiger partial charge < -0.3 is 5.32 Å². The zero-order valence-corrected chi connectivity index (χ0v) is 11.8. The van der Waals surface area contributed by atoms with Crippen LogP contribution in [0.4, 0.5) is 0 Å². The molecule has 0 radical (unpaired) electrons. The van der Waals surface area contributed by atoms with E-state index in [1.54, 1.807) is 0 Å². The van der Waals surface area contributed by atoms with Crippen molar-refractivity contribution < 1.29 is 0 Å². The van der Waals surface area contributed by atoms with Crippen molar-refractivity contribution in [2.45, 2.75) is 65.3 Å². The molecule has 96 valence electrons. The van der Waals surface area contributed by atoms with Crippen LogP contribution in [-0.2, 0) is 0 Å². The molecule has 3 atom stereocenters. The Morgan fingerprint density at radius 2 is 1.56 bits per heavy atom. The van der Waals surface area contributed by atoms with E-state index in [0.29, 0.717) is 12.0 Å². The molecular weight excluding hydrogens is 194 g/mol. The Kier molecular flexibility index (Phi) is 9.71. The van der Waals surface area contributed by atoms with Crippen LogP contribution in [0.25, 0.3) is 0 Å². The fourth-order valence-electron chi connectivity index (χ4n) is 1.97. The van der Waals surface area contributed by atoms with Crippen LogP contribution in [-0.4, -0.2) is 13.1 Å². The molecular formula is C15H31N. The maximum Gasteiger partial charge on any atom is 0.00357 e. The van der Waals surface area contributed by atoms with Crippen LogP contribution in [0, 0.1) is 11.8 Å². The van der Waals surface area contributed by atoms with Gasteiger partial charge in [-0.05, 0) is 38.6 Å². The van der Waals surface area contributed by atoms with Gasteiger partial charge in [0, 0.05) is 6.04 Å². The molecule has 1 nitrogen and oxygen atoms in total. The van der Waals surface area contributed by atoms with Crippen molar-refractivity contribution in [1.82, 2.24) is 5.32 Å². The number of hydrogen-bond acceptors (Lipinski definition) is 1. The van der Waals surface area contributed by atoms with Gasteiger partial charge in [0.2, 0.25) is 0 Å². The van der Waals surface area contributed by atoms with Crippen molar-refractivity contribution in [2.75, 3.05) is 7.05 Å². The van der Waals surface area contributed by atoms with Gasteiger partial charge in [-0.3, -0.25) is 0 Å². The van der Waals surface area contributed by atoms with E-state index in [9.17, 15) is 0 Å². The minimum absolute atomic E-state index is 0.674. The summed E-state index contributed by atoms with van der Waals surface area (Å²) >= 11 is 0. The van der Waals surface area contributed by atoms with Crippen LogP contribution < -0.4 is 5.32 Å². The molecule has 3 unspecified atom stereocenters. The zero-order chi connectivity index (χ0) is 12.4. The fourth-order valence-corrected chi connectivity index (χ4v) is 1.97. The van der Waals surface area contributed by atoms with E-state index in [0.717, 1.165) is 5.92 Å². The van der Waals surface area contributed by atoms with Crippen molar-refractivity contribution >= 4 is 0 Å². The number of nitrogens with one attached hydrogen (secondary N) is 1. The largest absolute Gasteiger partial charge is 0.317 e. The minimum Gasteiger partial charge on any atom is -0.317 e. The van der Waals surface area contributed by atoms with Gasteiger partial charge in [0.25, 0.3) is 0 Å². The monoisotopic (exact) mass is 225 g/mol. The molecule has 0 spiro atoms. The number of rotatable bonds is 10. The maximum atomic E-state index is 3.83. The van der Waals surface area contributed by atoms with E-state index < -0.39 is 0 Å². The number of hydrogen-bond donors (Lipinski definition) is 1. The number of allylic oxidation sites excluding steroid dienone is 1. The average Bonchev–Trinajstić information content (AvgIpc) is 2.28. The predicted octanol–water partition coefficient (Wildman–Crippen LogP) is 4.39. The Morgan fingerprint density at radius 3 is 2.06 bits per heavy atom. The van der Waals surface area contributed by atoms with Crippen molar-refractivity contribution in [1.29, 1.82) is 0 Å². The lowest BCUT2D eigenvalue weighted by atomic mass is 9.94. The molecule has 0 bridgehead atoms. The van der Waals surface area contributed by atoms with Gasteiger partial charge in [-0.1, -0.05) is 45.6 Å². The van der Waals surface area contributed by atoms with E-state index >= 15 is 0 Å². The summed E-state index contributed by atoms with van der Waals surface area (Å²) < 4.78 is 0. The van der Waals surface area contributed by atoms with Gasteiger partial charge in [-0.15, -0.1) is 6.58 Å². The van der Waals surface area contributed by atoms with Crippen molar-refractivity contribution in [2.24, 2.45) is 11.8 Å². The van der Waals surface area contributed by atoms with Crippen LogP contribution in [0.1, 0.15) is 59.3 Å². The molecule has 0 heterocycles. The summed E-state index contributed by atoms with van der Waals surface area (Å²) in [4.78, 5) is 0. The van der Waals surface area contributed by atoms with E-state index in [2.05, 4.69) is 38.7 Å². The Balaban J connectivity index is 3.37. The third-order valence-electron chi connectivity index (χ3n) is 3.59. The summed E-state index contributed by atoms with van der Waals surface area (Å²) in [6.07, 6.45) is 10.2. The highest BCUT2D eigenvalue weighted by molar-refractivity contribution is 4.74. The van der Waals surface area contributed by atoms with Gasteiger partial charge in [0.1, 0.15) is 0 Å². The first-order valence-corrected chi connectivity index (χ1v) is 6.90. The van der Waals surface area contributed by atoms with Crippen LogP contribution >= 0.6 is 0 Å². The molecule has 0 aromatic carbocycles. The van der Waals surface area contributed by atoms with Gasteiger partial charge in [-0.25, -0.2) is 0 Å². The van der Waals surface area contributed by atoms with Gasteiger partial charge in [0.05, 0.1) is 0 Å². The topological polar surface area (TPSA) is 12.0 Å². The molecule has 0 amide bonds. The van der Waals surface area contributed by atoms with Crippen LogP contribution in [0.15, 0.2) is 12.7 Å². The minimum atomic E-state index is 0.674. The fraction of sp³-hybridized carbons (Fsp3) is 0.867. The van der Waals surface area contributed by atoms with Gasteiger partial charge in [0.15, 0.2) is 0 Å². The molecule has 0 aliphatic heterocycles. The summed E-state index contributed by atoms with van der Waals surface area (Å²) in [6, 6.07) is 0.674. The van der Waals surface area contributed by atoms with Crippen molar-refractivity contribution in [3.63, 3.8) is 0 Å². The molecule has 16 heavy (non-hydrogen) atoms. The molecule has 0 saturated carbocycles. The summed E-state index contributed by atoms with van der Waals surface area (Å²) in [5.41, 5.74) is 0. The highest BCUT2D eigenvalue weighted by atomic mass is 14.8. The molecule has 0 aromatic rings. The second kappa shape index (κ2) is 9.89. The van der Waals surface area contributed by atoms with Crippen molar-refractivity contribution in [3.05, 3.63) is 12.7 Å². The Labute approximate surface area is 103 Å².